The van der Waals surface area contributed by atoms with E-state index < -0.39 is 11.6 Å². The van der Waals surface area contributed by atoms with Crippen molar-refractivity contribution in [1.82, 2.24) is 0 Å². The molecule has 0 amide bonds. The summed E-state index contributed by atoms with van der Waals surface area (Å²) < 4.78 is 26.1. The quantitative estimate of drug-likeness (QED) is 0.689. The Morgan fingerprint density at radius 1 is 0.905 bits per heavy atom. The first-order chi connectivity index (χ1) is 10.2. The van der Waals surface area contributed by atoms with E-state index in [2.05, 4.69) is 11.4 Å². The van der Waals surface area contributed by atoms with Crippen molar-refractivity contribution in [2.45, 2.75) is 6.54 Å². The maximum absolute atomic E-state index is 13.2. The molecule has 0 saturated carbocycles. The van der Waals surface area contributed by atoms with E-state index >= 15 is 0 Å². The lowest BCUT2D eigenvalue weighted by atomic mass is 10.1. The lowest BCUT2D eigenvalue weighted by molar-refractivity contribution is 0.507. The summed E-state index contributed by atoms with van der Waals surface area (Å²) in [5.41, 5.74) is 2.79. The lowest BCUT2D eigenvalue weighted by Crippen LogP contribution is -2.01. The number of hydrogen-bond donors (Lipinski definition) is 1. The summed E-state index contributed by atoms with van der Waals surface area (Å²) in [6, 6.07) is 16.0. The van der Waals surface area contributed by atoms with Gasteiger partial charge in [-0.25, -0.2) is 8.78 Å². The molecule has 106 valence electrons. The molecule has 0 saturated heterocycles. The Kier molecular flexibility index (Phi) is 3.97. The first-order valence-electron chi connectivity index (χ1n) is 6.55. The SMILES string of the molecule is Fc1ccc(CNc2ccccc2-c2cccs2)cc1F. The molecule has 0 aliphatic heterocycles. The van der Waals surface area contributed by atoms with Gasteiger partial charge in [0.15, 0.2) is 11.6 Å². The van der Waals surface area contributed by atoms with E-state index in [0.717, 1.165) is 17.3 Å². The topological polar surface area (TPSA) is 12.0 Å². The Morgan fingerprint density at radius 3 is 2.52 bits per heavy atom. The standard InChI is InChI=1S/C17H13F2NS/c18-14-8-7-12(10-15(14)19)11-20-16-5-2-1-4-13(16)17-6-3-9-21-17/h1-10,20H,11H2. The summed E-state index contributed by atoms with van der Waals surface area (Å²) in [5.74, 6) is -1.64. The van der Waals surface area contributed by atoms with Crippen LogP contribution in [0.3, 0.4) is 0 Å². The minimum absolute atomic E-state index is 0.444. The van der Waals surface area contributed by atoms with E-state index in [1.807, 2.05) is 35.7 Å². The van der Waals surface area contributed by atoms with Crippen LogP contribution in [-0.2, 0) is 6.54 Å². The molecule has 0 bridgehead atoms. The summed E-state index contributed by atoms with van der Waals surface area (Å²) >= 11 is 1.67. The molecule has 0 radical (unpaired) electrons. The summed E-state index contributed by atoms with van der Waals surface area (Å²) in [7, 11) is 0. The van der Waals surface area contributed by atoms with Crippen molar-refractivity contribution in [3.8, 4) is 10.4 Å². The maximum atomic E-state index is 13.2. The summed E-state index contributed by atoms with van der Waals surface area (Å²) in [6.07, 6.45) is 0. The number of benzene rings is 2. The second-order valence-electron chi connectivity index (χ2n) is 4.62. The molecule has 3 rings (SSSR count). The maximum Gasteiger partial charge on any atom is 0.159 e. The second kappa shape index (κ2) is 6.06. The van der Waals surface area contributed by atoms with Gasteiger partial charge in [0.25, 0.3) is 0 Å². The normalized spacial score (nSPS) is 10.6. The highest BCUT2D eigenvalue weighted by Gasteiger charge is 2.06. The van der Waals surface area contributed by atoms with Crippen molar-refractivity contribution in [1.29, 1.82) is 0 Å². The predicted octanol–water partition coefficient (Wildman–Crippen LogP) is 5.31. The van der Waals surface area contributed by atoms with Gasteiger partial charge in [0.2, 0.25) is 0 Å². The van der Waals surface area contributed by atoms with Crippen molar-refractivity contribution in [2.75, 3.05) is 5.32 Å². The zero-order valence-corrected chi connectivity index (χ0v) is 12.0. The molecular weight excluding hydrogens is 288 g/mol. The summed E-state index contributed by atoms with van der Waals surface area (Å²) in [4.78, 5) is 1.17. The Bertz CT molecular complexity index is 738. The van der Waals surface area contributed by atoms with Crippen molar-refractivity contribution >= 4 is 17.0 Å². The van der Waals surface area contributed by atoms with E-state index in [4.69, 9.17) is 0 Å². The molecule has 4 heteroatoms. The third kappa shape index (κ3) is 3.11. The molecule has 0 aliphatic rings. The van der Waals surface area contributed by atoms with Crippen molar-refractivity contribution in [2.24, 2.45) is 0 Å². The van der Waals surface area contributed by atoms with Crippen LogP contribution >= 0.6 is 11.3 Å². The Hall–Kier alpha value is -2.20. The molecule has 0 aliphatic carbocycles. The van der Waals surface area contributed by atoms with Crippen LogP contribution in [0.4, 0.5) is 14.5 Å². The molecule has 0 atom stereocenters. The molecule has 0 spiro atoms. The molecule has 1 N–H and O–H groups in total. The molecule has 21 heavy (non-hydrogen) atoms. The molecule has 1 aromatic heterocycles. The number of halogens is 2. The fourth-order valence-corrected chi connectivity index (χ4v) is 2.90. The van der Waals surface area contributed by atoms with Gasteiger partial charge in [0.05, 0.1) is 0 Å². The van der Waals surface area contributed by atoms with E-state index in [1.54, 1.807) is 17.4 Å². The minimum atomic E-state index is -0.822. The van der Waals surface area contributed by atoms with Gasteiger partial charge in [-0.05, 0) is 35.2 Å². The number of para-hydroxylation sites is 1. The predicted molar refractivity (Wildman–Crippen MR) is 83.4 cm³/mol. The number of anilines is 1. The van der Waals surface area contributed by atoms with Crippen molar-refractivity contribution in [3.63, 3.8) is 0 Å². The van der Waals surface area contributed by atoms with E-state index in [0.29, 0.717) is 12.1 Å². The molecule has 0 fully saturated rings. The fourth-order valence-electron chi connectivity index (χ4n) is 2.13. The van der Waals surface area contributed by atoms with Crippen LogP contribution in [0, 0.1) is 11.6 Å². The summed E-state index contributed by atoms with van der Waals surface area (Å²) in [6.45, 7) is 0.444. The number of hydrogen-bond acceptors (Lipinski definition) is 2. The first kappa shape index (κ1) is 13.8. The Morgan fingerprint density at radius 2 is 1.76 bits per heavy atom. The van der Waals surface area contributed by atoms with Crippen LogP contribution in [0.25, 0.3) is 10.4 Å². The Balaban J connectivity index is 1.81. The van der Waals surface area contributed by atoms with Crippen LogP contribution in [-0.4, -0.2) is 0 Å². The third-order valence-corrected chi connectivity index (χ3v) is 4.08. The second-order valence-corrected chi connectivity index (χ2v) is 5.57. The molecule has 0 unspecified atom stereocenters. The van der Waals surface area contributed by atoms with E-state index in [1.165, 1.54) is 10.9 Å². The van der Waals surface area contributed by atoms with Gasteiger partial charge < -0.3 is 5.32 Å². The highest BCUT2D eigenvalue weighted by atomic mass is 32.1. The van der Waals surface area contributed by atoms with Gasteiger partial charge in [-0.3, -0.25) is 0 Å². The number of nitrogens with one attached hydrogen (secondary N) is 1. The third-order valence-electron chi connectivity index (χ3n) is 3.18. The lowest BCUT2D eigenvalue weighted by Gasteiger charge is -2.11. The average molecular weight is 301 g/mol. The highest BCUT2D eigenvalue weighted by Crippen LogP contribution is 2.31. The van der Waals surface area contributed by atoms with E-state index in [-0.39, 0.29) is 0 Å². The molecular formula is C17H13F2NS. The molecule has 3 aromatic rings. The van der Waals surface area contributed by atoms with Crippen LogP contribution in [0.1, 0.15) is 5.56 Å². The largest absolute Gasteiger partial charge is 0.380 e. The van der Waals surface area contributed by atoms with Gasteiger partial charge in [-0.15, -0.1) is 11.3 Å². The van der Waals surface area contributed by atoms with Crippen molar-refractivity contribution < 1.29 is 8.78 Å². The summed E-state index contributed by atoms with van der Waals surface area (Å²) in [5, 5.41) is 5.31. The molecule has 1 nitrogen and oxygen atoms in total. The van der Waals surface area contributed by atoms with Gasteiger partial charge in [0, 0.05) is 22.7 Å². The van der Waals surface area contributed by atoms with Crippen LogP contribution in [0.2, 0.25) is 0 Å². The highest BCUT2D eigenvalue weighted by molar-refractivity contribution is 7.13. The van der Waals surface area contributed by atoms with Crippen LogP contribution in [0.5, 0.6) is 0 Å². The Labute approximate surface area is 125 Å². The molecule has 2 aromatic carbocycles. The first-order valence-corrected chi connectivity index (χ1v) is 7.43. The van der Waals surface area contributed by atoms with Crippen molar-refractivity contribution in [3.05, 3.63) is 77.2 Å². The monoisotopic (exact) mass is 301 g/mol. The van der Waals surface area contributed by atoms with Crippen LogP contribution < -0.4 is 5.32 Å². The minimum Gasteiger partial charge on any atom is -0.380 e. The zero-order valence-electron chi connectivity index (χ0n) is 11.1. The zero-order chi connectivity index (χ0) is 14.7. The van der Waals surface area contributed by atoms with Gasteiger partial charge in [-0.1, -0.05) is 30.3 Å². The van der Waals surface area contributed by atoms with Crippen LogP contribution in [0.15, 0.2) is 60.0 Å². The fraction of sp³-hybridized carbons (Fsp3) is 0.0588. The number of rotatable bonds is 4. The van der Waals surface area contributed by atoms with E-state index in [9.17, 15) is 8.78 Å². The van der Waals surface area contributed by atoms with Gasteiger partial charge in [0.1, 0.15) is 0 Å². The smallest absolute Gasteiger partial charge is 0.159 e. The van der Waals surface area contributed by atoms with Gasteiger partial charge >= 0.3 is 0 Å². The molecule has 1 heterocycles. The van der Waals surface area contributed by atoms with Gasteiger partial charge in [-0.2, -0.15) is 0 Å². The number of thiophene rings is 1. The average Bonchev–Trinajstić information content (AvgIpc) is 3.03.